The summed E-state index contributed by atoms with van der Waals surface area (Å²) in [5.41, 5.74) is 0.415. The standard InChI is InChI=1S/C12H12F3NO3/c1-7(12(13,14)15)19-11(18)9-3-5-10(6-4-9)16-8(2)17/h3-7H,1-2H3,(H,16,17)/t7-/m0/s1. The number of anilines is 1. The average Bonchev–Trinajstić information content (AvgIpc) is 2.27. The second-order valence-electron chi connectivity index (χ2n) is 3.85. The van der Waals surface area contributed by atoms with Gasteiger partial charge in [-0.25, -0.2) is 4.79 Å². The number of hydrogen-bond acceptors (Lipinski definition) is 3. The molecule has 0 unspecified atom stereocenters. The Bertz CT molecular complexity index is 468. The van der Waals surface area contributed by atoms with Gasteiger partial charge in [0.05, 0.1) is 5.56 Å². The highest BCUT2D eigenvalue weighted by atomic mass is 19.4. The van der Waals surface area contributed by atoms with Crippen LogP contribution in [0.5, 0.6) is 0 Å². The summed E-state index contributed by atoms with van der Waals surface area (Å²) < 4.78 is 40.9. The number of carbonyl (C=O) groups is 2. The zero-order valence-corrected chi connectivity index (χ0v) is 10.2. The molecule has 19 heavy (non-hydrogen) atoms. The highest BCUT2D eigenvalue weighted by Gasteiger charge is 2.39. The number of amides is 1. The lowest BCUT2D eigenvalue weighted by atomic mass is 10.2. The molecule has 104 valence electrons. The first-order valence-corrected chi connectivity index (χ1v) is 5.35. The lowest BCUT2D eigenvalue weighted by molar-refractivity contribution is -0.198. The van der Waals surface area contributed by atoms with Gasteiger partial charge >= 0.3 is 12.1 Å². The van der Waals surface area contributed by atoms with Crippen molar-refractivity contribution >= 4 is 17.6 Å². The fourth-order valence-corrected chi connectivity index (χ4v) is 1.19. The minimum atomic E-state index is -4.59. The zero-order chi connectivity index (χ0) is 14.6. The Morgan fingerprint density at radius 2 is 1.74 bits per heavy atom. The van der Waals surface area contributed by atoms with Gasteiger partial charge in [-0.3, -0.25) is 4.79 Å². The van der Waals surface area contributed by atoms with Crippen LogP contribution in [0.15, 0.2) is 24.3 Å². The van der Waals surface area contributed by atoms with Crippen LogP contribution in [-0.2, 0) is 9.53 Å². The summed E-state index contributed by atoms with van der Waals surface area (Å²) in [6.45, 7) is 2.07. The second-order valence-corrected chi connectivity index (χ2v) is 3.85. The molecule has 0 spiro atoms. The van der Waals surface area contributed by atoms with Gasteiger partial charge in [0.15, 0.2) is 6.10 Å². The molecule has 0 aliphatic carbocycles. The quantitative estimate of drug-likeness (QED) is 0.863. The molecule has 0 saturated carbocycles. The summed E-state index contributed by atoms with van der Waals surface area (Å²) in [5, 5.41) is 2.46. The Hall–Kier alpha value is -2.05. The van der Waals surface area contributed by atoms with Crippen molar-refractivity contribution in [3.63, 3.8) is 0 Å². The van der Waals surface area contributed by atoms with E-state index in [0.29, 0.717) is 5.69 Å². The minimum absolute atomic E-state index is 0.0230. The van der Waals surface area contributed by atoms with E-state index in [1.165, 1.54) is 31.2 Å². The third-order valence-corrected chi connectivity index (χ3v) is 2.19. The zero-order valence-electron chi connectivity index (χ0n) is 10.2. The first kappa shape index (κ1) is 15.0. The summed E-state index contributed by atoms with van der Waals surface area (Å²) in [7, 11) is 0. The Balaban J connectivity index is 2.71. The molecule has 1 amide bonds. The normalized spacial score (nSPS) is 12.7. The number of alkyl halides is 3. The predicted octanol–water partition coefficient (Wildman–Crippen LogP) is 2.75. The summed E-state index contributed by atoms with van der Waals surface area (Å²) in [4.78, 5) is 22.2. The maximum absolute atomic E-state index is 12.2. The molecule has 0 bridgehead atoms. The molecule has 1 N–H and O–H groups in total. The molecule has 1 rings (SSSR count). The van der Waals surface area contributed by atoms with Gasteiger partial charge in [-0.2, -0.15) is 13.2 Å². The fraction of sp³-hybridized carbons (Fsp3) is 0.333. The van der Waals surface area contributed by atoms with Crippen molar-refractivity contribution in [2.24, 2.45) is 0 Å². The summed E-state index contributed by atoms with van der Waals surface area (Å²) in [5.74, 6) is -1.36. The summed E-state index contributed by atoms with van der Waals surface area (Å²) in [6.07, 6.45) is -6.76. The number of benzene rings is 1. The molecule has 0 aliphatic heterocycles. The molecule has 7 heteroatoms. The monoisotopic (exact) mass is 275 g/mol. The number of hydrogen-bond donors (Lipinski definition) is 1. The molecule has 0 saturated heterocycles. The maximum Gasteiger partial charge on any atom is 0.425 e. The van der Waals surface area contributed by atoms with E-state index < -0.39 is 18.2 Å². The van der Waals surface area contributed by atoms with Gasteiger partial charge in [-0.15, -0.1) is 0 Å². The molecule has 0 fully saturated rings. The third-order valence-electron chi connectivity index (χ3n) is 2.19. The van der Waals surface area contributed by atoms with E-state index in [-0.39, 0.29) is 11.5 Å². The van der Waals surface area contributed by atoms with Gasteiger partial charge in [0.2, 0.25) is 5.91 Å². The van der Waals surface area contributed by atoms with Crippen molar-refractivity contribution in [3.05, 3.63) is 29.8 Å². The fourth-order valence-electron chi connectivity index (χ4n) is 1.19. The first-order valence-electron chi connectivity index (χ1n) is 5.35. The number of carbonyl (C=O) groups excluding carboxylic acids is 2. The molecule has 0 radical (unpaired) electrons. The van der Waals surface area contributed by atoms with Crippen LogP contribution in [0.4, 0.5) is 18.9 Å². The number of esters is 1. The summed E-state index contributed by atoms with van der Waals surface area (Å²) >= 11 is 0. The molecule has 1 aromatic rings. The Morgan fingerprint density at radius 3 is 2.16 bits per heavy atom. The molecular weight excluding hydrogens is 263 g/mol. The van der Waals surface area contributed by atoms with E-state index in [1.54, 1.807) is 0 Å². The molecule has 1 aromatic carbocycles. The first-order chi connectivity index (χ1) is 8.70. The Kier molecular flexibility index (Phi) is 4.52. The van der Waals surface area contributed by atoms with Crippen LogP contribution in [0.25, 0.3) is 0 Å². The van der Waals surface area contributed by atoms with Gasteiger partial charge in [-0.1, -0.05) is 0 Å². The van der Waals surface area contributed by atoms with Crippen LogP contribution in [0.3, 0.4) is 0 Å². The van der Waals surface area contributed by atoms with E-state index in [1.807, 2.05) is 0 Å². The van der Waals surface area contributed by atoms with E-state index in [4.69, 9.17) is 0 Å². The molecule has 0 heterocycles. The van der Waals surface area contributed by atoms with Crippen LogP contribution < -0.4 is 5.32 Å². The van der Waals surface area contributed by atoms with Crippen LogP contribution in [0.2, 0.25) is 0 Å². The third kappa shape index (κ3) is 4.61. The highest BCUT2D eigenvalue weighted by Crippen LogP contribution is 2.23. The number of ether oxygens (including phenoxy) is 1. The van der Waals surface area contributed by atoms with Gasteiger partial charge in [0.25, 0.3) is 0 Å². The van der Waals surface area contributed by atoms with Crippen molar-refractivity contribution in [1.82, 2.24) is 0 Å². The lowest BCUT2D eigenvalue weighted by Crippen LogP contribution is -2.30. The van der Waals surface area contributed by atoms with E-state index in [2.05, 4.69) is 10.1 Å². The predicted molar refractivity (Wildman–Crippen MR) is 61.7 cm³/mol. The molecular formula is C12H12F3NO3. The maximum atomic E-state index is 12.2. The molecule has 0 aliphatic rings. The second kappa shape index (κ2) is 5.73. The number of rotatable bonds is 3. The smallest absolute Gasteiger partial charge is 0.425 e. The molecule has 1 atom stereocenters. The van der Waals surface area contributed by atoms with Crippen molar-refractivity contribution in [1.29, 1.82) is 0 Å². The van der Waals surface area contributed by atoms with Crippen molar-refractivity contribution in [2.45, 2.75) is 26.1 Å². The topological polar surface area (TPSA) is 55.4 Å². The van der Waals surface area contributed by atoms with E-state index in [9.17, 15) is 22.8 Å². The van der Waals surface area contributed by atoms with E-state index in [0.717, 1.165) is 6.92 Å². The van der Waals surface area contributed by atoms with Gasteiger partial charge in [-0.05, 0) is 31.2 Å². The minimum Gasteiger partial charge on any atom is -0.449 e. The van der Waals surface area contributed by atoms with Gasteiger partial charge in [0, 0.05) is 12.6 Å². The average molecular weight is 275 g/mol. The Morgan fingerprint density at radius 1 is 1.21 bits per heavy atom. The molecule has 0 aromatic heterocycles. The highest BCUT2D eigenvalue weighted by molar-refractivity contribution is 5.92. The van der Waals surface area contributed by atoms with Crippen LogP contribution in [0.1, 0.15) is 24.2 Å². The van der Waals surface area contributed by atoms with Crippen molar-refractivity contribution in [2.75, 3.05) is 5.32 Å². The van der Waals surface area contributed by atoms with Gasteiger partial charge in [0.1, 0.15) is 0 Å². The van der Waals surface area contributed by atoms with E-state index >= 15 is 0 Å². The Labute approximate surface area is 107 Å². The van der Waals surface area contributed by atoms with Crippen molar-refractivity contribution < 1.29 is 27.5 Å². The number of nitrogens with one attached hydrogen (secondary N) is 1. The summed E-state index contributed by atoms with van der Waals surface area (Å²) in [6, 6.07) is 5.35. The van der Waals surface area contributed by atoms with Crippen LogP contribution in [-0.4, -0.2) is 24.2 Å². The number of halogens is 3. The van der Waals surface area contributed by atoms with Crippen molar-refractivity contribution in [3.8, 4) is 0 Å². The van der Waals surface area contributed by atoms with Crippen LogP contribution >= 0.6 is 0 Å². The largest absolute Gasteiger partial charge is 0.449 e. The lowest BCUT2D eigenvalue weighted by Gasteiger charge is -2.16. The SMILES string of the molecule is CC(=O)Nc1ccc(C(=O)O[C@@H](C)C(F)(F)F)cc1. The van der Waals surface area contributed by atoms with Crippen LogP contribution in [0, 0.1) is 0 Å². The molecule has 4 nitrogen and oxygen atoms in total. The van der Waals surface area contributed by atoms with Gasteiger partial charge < -0.3 is 10.1 Å².